The summed E-state index contributed by atoms with van der Waals surface area (Å²) in [5.41, 5.74) is 0.442. The third-order valence-electron chi connectivity index (χ3n) is 2.38. The highest BCUT2D eigenvalue weighted by Crippen LogP contribution is 2.37. The van der Waals surface area contributed by atoms with Gasteiger partial charge < -0.3 is 4.74 Å². The number of hydrogen-bond donors (Lipinski definition) is 0. The van der Waals surface area contributed by atoms with Crippen molar-refractivity contribution in [3.63, 3.8) is 0 Å². The molecule has 0 saturated heterocycles. The number of rotatable bonds is 3. The minimum atomic E-state index is -3.01. The van der Waals surface area contributed by atoms with Gasteiger partial charge in [-0.1, -0.05) is 23.2 Å². The Morgan fingerprint density at radius 1 is 0.947 bits per heavy atom. The summed E-state index contributed by atoms with van der Waals surface area (Å²) < 4.78 is 42.3. The van der Waals surface area contributed by atoms with E-state index in [0.29, 0.717) is 10.6 Å². The first-order chi connectivity index (χ1) is 8.97. The molecule has 6 heteroatoms. The number of halogens is 5. The van der Waals surface area contributed by atoms with Crippen molar-refractivity contribution >= 4 is 23.2 Å². The highest BCUT2D eigenvalue weighted by molar-refractivity contribution is 6.35. The number of ether oxygens (including phenoxy) is 1. The fraction of sp³-hybridized carbons (Fsp3) is 0.0769. The second-order valence-electron chi connectivity index (χ2n) is 3.64. The van der Waals surface area contributed by atoms with Crippen molar-refractivity contribution in [3.8, 4) is 16.9 Å². The molecule has 0 heterocycles. The molecule has 0 aliphatic heterocycles. The maximum absolute atomic E-state index is 13.3. The maximum Gasteiger partial charge on any atom is 0.387 e. The van der Waals surface area contributed by atoms with E-state index in [1.54, 1.807) is 6.07 Å². The van der Waals surface area contributed by atoms with Gasteiger partial charge in [0.1, 0.15) is 11.6 Å². The summed E-state index contributed by atoms with van der Waals surface area (Å²) in [6.45, 7) is -3.01. The Kier molecular flexibility index (Phi) is 4.22. The predicted molar refractivity (Wildman–Crippen MR) is 68.5 cm³/mol. The van der Waals surface area contributed by atoms with Crippen LogP contribution >= 0.6 is 23.2 Å². The van der Waals surface area contributed by atoms with E-state index in [1.165, 1.54) is 12.1 Å². The van der Waals surface area contributed by atoms with Gasteiger partial charge in [-0.25, -0.2) is 4.39 Å². The number of alkyl halides is 2. The van der Waals surface area contributed by atoms with Gasteiger partial charge in [-0.2, -0.15) is 8.78 Å². The van der Waals surface area contributed by atoms with Crippen molar-refractivity contribution in [2.75, 3.05) is 0 Å². The zero-order chi connectivity index (χ0) is 14.0. The van der Waals surface area contributed by atoms with E-state index in [2.05, 4.69) is 4.74 Å². The minimum Gasteiger partial charge on any atom is -0.434 e. The maximum atomic E-state index is 13.3. The Labute approximate surface area is 117 Å². The second kappa shape index (κ2) is 5.72. The molecule has 19 heavy (non-hydrogen) atoms. The standard InChI is InChI=1S/C13H7Cl2F3O/c14-7-1-3-11(15)9(5-7)10-6-8(16)2-4-12(10)19-13(17)18/h1-6,13H. The molecule has 0 saturated carbocycles. The molecule has 0 bridgehead atoms. The monoisotopic (exact) mass is 306 g/mol. The molecular weight excluding hydrogens is 300 g/mol. The molecule has 0 fully saturated rings. The summed E-state index contributed by atoms with van der Waals surface area (Å²) >= 11 is 11.8. The van der Waals surface area contributed by atoms with Crippen LogP contribution in [0.15, 0.2) is 36.4 Å². The summed E-state index contributed by atoms with van der Waals surface area (Å²) in [4.78, 5) is 0. The molecule has 100 valence electrons. The molecule has 0 aliphatic carbocycles. The Balaban J connectivity index is 2.59. The summed E-state index contributed by atoms with van der Waals surface area (Å²) in [7, 11) is 0. The fourth-order valence-corrected chi connectivity index (χ4v) is 2.01. The van der Waals surface area contributed by atoms with Crippen molar-refractivity contribution in [1.29, 1.82) is 0 Å². The van der Waals surface area contributed by atoms with E-state index < -0.39 is 12.4 Å². The molecule has 0 amide bonds. The molecule has 0 spiro atoms. The molecule has 1 nitrogen and oxygen atoms in total. The van der Waals surface area contributed by atoms with Gasteiger partial charge in [0.15, 0.2) is 0 Å². The molecule has 0 atom stereocenters. The molecule has 0 unspecified atom stereocenters. The molecule has 2 rings (SSSR count). The quantitative estimate of drug-likeness (QED) is 0.737. The number of hydrogen-bond acceptors (Lipinski definition) is 1. The van der Waals surface area contributed by atoms with Crippen LogP contribution in [0.2, 0.25) is 10.0 Å². The zero-order valence-corrected chi connectivity index (χ0v) is 10.9. The third-order valence-corrected chi connectivity index (χ3v) is 2.94. The van der Waals surface area contributed by atoms with Crippen LogP contribution in [0.25, 0.3) is 11.1 Å². The second-order valence-corrected chi connectivity index (χ2v) is 4.49. The van der Waals surface area contributed by atoms with Gasteiger partial charge in [-0.15, -0.1) is 0 Å². The van der Waals surface area contributed by atoms with Gasteiger partial charge in [0.25, 0.3) is 0 Å². The Morgan fingerprint density at radius 2 is 1.68 bits per heavy atom. The lowest BCUT2D eigenvalue weighted by Gasteiger charge is -2.12. The van der Waals surface area contributed by atoms with Crippen molar-refractivity contribution in [2.45, 2.75) is 6.61 Å². The van der Waals surface area contributed by atoms with Crippen LogP contribution in [-0.2, 0) is 0 Å². The zero-order valence-electron chi connectivity index (χ0n) is 9.34. The summed E-state index contributed by atoms with van der Waals surface area (Å²) in [5, 5.41) is 0.612. The molecule has 0 aliphatic rings. The van der Waals surface area contributed by atoms with E-state index in [4.69, 9.17) is 23.2 Å². The van der Waals surface area contributed by atoms with Gasteiger partial charge >= 0.3 is 6.61 Å². The van der Waals surface area contributed by atoms with Gasteiger partial charge in [0.05, 0.1) is 0 Å². The highest BCUT2D eigenvalue weighted by Gasteiger charge is 2.15. The lowest BCUT2D eigenvalue weighted by molar-refractivity contribution is -0.0494. The van der Waals surface area contributed by atoms with E-state index in [-0.39, 0.29) is 16.3 Å². The first-order valence-corrected chi connectivity index (χ1v) is 5.93. The van der Waals surface area contributed by atoms with Crippen molar-refractivity contribution in [2.24, 2.45) is 0 Å². The van der Waals surface area contributed by atoms with E-state index in [0.717, 1.165) is 18.2 Å². The Morgan fingerprint density at radius 3 is 2.37 bits per heavy atom. The summed E-state index contributed by atoms with van der Waals surface area (Å²) in [6, 6.07) is 7.70. The van der Waals surface area contributed by atoms with Crippen LogP contribution in [0, 0.1) is 5.82 Å². The molecule has 2 aromatic rings. The van der Waals surface area contributed by atoms with Gasteiger partial charge in [-0.05, 0) is 36.4 Å². The highest BCUT2D eigenvalue weighted by atomic mass is 35.5. The van der Waals surface area contributed by atoms with E-state index in [1.807, 2.05) is 0 Å². The fourth-order valence-electron chi connectivity index (χ4n) is 1.62. The normalized spacial score (nSPS) is 10.8. The Bertz CT molecular complexity index is 602. The van der Waals surface area contributed by atoms with E-state index >= 15 is 0 Å². The molecular formula is C13H7Cl2F3O. The molecule has 0 N–H and O–H groups in total. The van der Waals surface area contributed by atoms with Crippen LogP contribution in [0.4, 0.5) is 13.2 Å². The average Bonchev–Trinajstić information content (AvgIpc) is 2.34. The lowest BCUT2D eigenvalue weighted by atomic mass is 10.0. The number of benzene rings is 2. The first-order valence-electron chi connectivity index (χ1n) is 5.17. The van der Waals surface area contributed by atoms with Gasteiger partial charge in [0, 0.05) is 21.2 Å². The smallest absolute Gasteiger partial charge is 0.387 e. The average molecular weight is 307 g/mol. The first kappa shape index (κ1) is 14.0. The summed E-state index contributed by atoms with van der Waals surface area (Å²) in [6.07, 6.45) is 0. The molecule has 0 aromatic heterocycles. The van der Waals surface area contributed by atoms with Crippen LogP contribution < -0.4 is 4.74 Å². The Hall–Kier alpha value is -1.39. The van der Waals surface area contributed by atoms with Crippen molar-refractivity contribution < 1.29 is 17.9 Å². The SMILES string of the molecule is Fc1ccc(OC(F)F)c(-c2cc(Cl)ccc2Cl)c1. The van der Waals surface area contributed by atoms with E-state index in [9.17, 15) is 13.2 Å². The van der Waals surface area contributed by atoms with Crippen LogP contribution in [-0.4, -0.2) is 6.61 Å². The minimum absolute atomic E-state index is 0.118. The summed E-state index contributed by atoms with van der Waals surface area (Å²) in [5.74, 6) is -0.756. The predicted octanol–water partition coefficient (Wildman–Crippen LogP) is 5.40. The van der Waals surface area contributed by atoms with Gasteiger partial charge in [-0.3, -0.25) is 0 Å². The van der Waals surface area contributed by atoms with Crippen LogP contribution in [0.5, 0.6) is 5.75 Å². The third kappa shape index (κ3) is 3.33. The lowest BCUT2D eigenvalue weighted by Crippen LogP contribution is -2.03. The molecule has 2 aromatic carbocycles. The topological polar surface area (TPSA) is 9.23 Å². The molecule has 0 radical (unpaired) electrons. The largest absolute Gasteiger partial charge is 0.434 e. The van der Waals surface area contributed by atoms with Crippen LogP contribution in [0.1, 0.15) is 0 Å². The van der Waals surface area contributed by atoms with Crippen molar-refractivity contribution in [3.05, 3.63) is 52.3 Å². The van der Waals surface area contributed by atoms with Crippen molar-refractivity contribution in [1.82, 2.24) is 0 Å². The van der Waals surface area contributed by atoms with Gasteiger partial charge in [0.2, 0.25) is 0 Å². The van der Waals surface area contributed by atoms with Crippen LogP contribution in [0.3, 0.4) is 0 Å².